The highest BCUT2D eigenvalue weighted by molar-refractivity contribution is 7.99. The number of amides is 1. The van der Waals surface area contributed by atoms with Crippen molar-refractivity contribution in [3.8, 4) is 0 Å². The molecular weight excluding hydrogens is 401 g/mol. The van der Waals surface area contributed by atoms with Crippen LogP contribution in [0.25, 0.3) is 0 Å². The van der Waals surface area contributed by atoms with Crippen LogP contribution < -0.4 is 5.32 Å². The van der Waals surface area contributed by atoms with Crippen molar-refractivity contribution in [2.24, 2.45) is 0 Å². The first kappa shape index (κ1) is 23.3. The lowest BCUT2D eigenvalue weighted by atomic mass is 10.1. The predicted molar refractivity (Wildman–Crippen MR) is 109 cm³/mol. The molecule has 0 saturated carbocycles. The molecule has 1 N–H and O–H groups in total. The number of carbonyl (C=O) groups excluding carboxylic acids is 1. The second kappa shape index (κ2) is 11.2. The smallest absolute Gasteiger partial charge is 0.325 e. The zero-order valence-electron chi connectivity index (χ0n) is 16.8. The maximum absolute atomic E-state index is 12.8. The number of nitrogens with zero attached hydrogens (tertiary/aromatic N) is 3. The third kappa shape index (κ3) is 7.38. The second-order valence-electron chi connectivity index (χ2n) is 6.72. The minimum Gasteiger partial charge on any atom is -0.325 e. The van der Waals surface area contributed by atoms with Crippen molar-refractivity contribution in [3.63, 3.8) is 0 Å². The van der Waals surface area contributed by atoms with E-state index in [9.17, 15) is 18.0 Å². The van der Waals surface area contributed by atoms with Crippen molar-refractivity contribution in [3.05, 3.63) is 35.7 Å². The van der Waals surface area contributed by atoms with E-state index in [4.69, 9.17) is 0 Å². The molecule has 0 bridgehead atoms. The summed E-state index contributed by atoms with van der Waals surface area (Å²) in [4.78, 5) is 12.2. The molecule has 0 radical (unpaired) electrons. The van der Waals surface area contributed by atoms with Gasteiger partial charge in [0.15, 0.2) is 5.16 Å². The van der Waals surface area contributed by atoms with Crippen molar-refractivity contribution < 1.29 is 18.0 Å². The van der Waals surface area contributed by atoms with E-state index in [2.05, 4.69) is 22.4 Å². The maximum atomic E-state index is 12.8. The number of hydrogen-bond donors (Lipinski definition) is 1. The van der Waals surface area contributed by atoms with Gasteiger partial charge in [-0.25, -0.2) is 0 Å². The minimum atomic E-state index is -4.44. The van der Waals surface area contributed by atoms with Crippen LogP contribution in [0.15, 0.2) is 29.4 Å². The summed E-state index contributed by atoms with van der Waals surface area (Å²) in [5.74, 6) is 0.566. The monoisotopic (exact) mass is 428 g/mol. The van der Waals surface area contributed by atoms with Crippen molar-refractivity contribution in [2.75, 3.05) is 11.1 Å². The fourth-order valence-electron chi connectivity index (χ4n) is 2.92. The molecule has 0 saturated heterocycles. The number of aromatic nitrogens is 3. The van der Waals surface area contributed by atoms with Crippen LogP contribution >= 0.6 is 11.8 Å². The average Bonchev–Trinajstić information content (AvgIpc) is 3.07. The number of alkyl halides is 3. The first-order valence-electron chi connectivity index (χ1n) is 9.87. The molecule has 0 spiro atoms. The van der Waals surface area contributed by atoms with Gasteiger partial charge in [-0.15, -0.1) is 10.2 Å². The van der Waals surface area contributed by atoms with E-state index in [-0.39, 0.29) is 17.3 Å². The summed E-state index contributed by atoms with van der Waals surface area (Å²) in [7, 11) is 0. The minimum absolute atomic E-state index is 0.0465. The summed E-state index contributed by atoms with van der Waals surface area (Å²) in [6.07, 6.45) is 2.28. The first-order valence-corrected chi connectivity index (χ1v) is 10.9. The van der Waals surface area contributed by atoms with Crippen molar-refractivity contribution in [1.29, 1.82) is 0 Å². The Labute approximate surface area is 173 Å². The number of halogens is 3. The van der Waals surface area contributed by atoms with E-state index >= 15 is 0 Å². The molecule has 160 valence electrons. The van der Waals surface area contributed by atoms with E-state index in [1.165, 1.54) is 43.2 Å². The highest BCUT2D eigenvalue weighted by Gasteiger charge is 2.30. The van der Waals surface area contributed by atoms with Gasteiger partial charge in [0, 0.05) is 18.7 Å². The molecule has 5 nitrogen and oxygen atoms in total. The number of hydrogen-bond acceptors (Lipinski definition) is 4. The van der Waals surface area contributed by atoms with Crippen LogP contribution in [0, 0.1) is 0 Å². The fourth-order valence-corrected chi connectivity index (χ4v) is 3.74. The molecule has 0 fully saturated rings. The van der Waals surface area contributed by atoms with Crippen LogP contribution in [0.3, 0.4) is 0 Å². The molecular formula is C20H27F3N4OS. The molecule has 1 aromatic carbocycles. The quantitative estimate of drug-likeness (QED) is 0.376. The molecule has 0 aliphatic rings. The van der Waals surface area contributed by atoms with Crippen LogP contribution in [0.2, 0.25) is 0 Å². The van der Waals surface area contributed by atoms with Gasteiger partial charge in [0.25, 0.3) is 0 Å². The van der Waals surface area contributed by atoms with Crippen molar-refractivity contribution >= 4 is 23.4 Å². The standard InChI is InChI=1S/C20H27F3N4OS/c1-3-5-6-7-8-12-17-25-26-19(27(17)4-2)29-14-18(28)24-16-11-9-10-15(13-16)20(21,22)23/h9-11,13H,3-8,12,14H2,1-2H3,(H,24,28). The van der Waals surface area contributed by atoms with Gasteiger partial charge in [-0.3, -0.25) is 4.79 Å². The van der Waals surface area contributed by atoms with Crippen molar-refractivity contribution in [1.82, 2.24) is 14.8 Å². The molecule has 0 unspecified atom stereocenters. The lowest BCUT2D eigenvalue weighted by molar-refractivity contribution is -0.137. The summed E-state index contributed by atoms with van der Waals surface area (Å²) in [5.41, 5.74) is -0.674. The third-order valence-corrected chi connectivity index (χ3v) is 5.39. The molecule has 0 atom stereocenters. The van der Waals surface area contributed by atoms with Gasteiger partial charge in [-0.1, -0.05) is 50.4 Å². The average molecular weight is 429 g/mol. The van der Waals surface area contributed by atoms with E-state index < -0.39 is 11.7 Å². The van der Waals surface area contributed by atoms with E-state index in [0.29, 0.717) is 11.7 Å². The Morgan fingerprint density at radius 3 is 2.59 bits per heavy atom. The van der Waals surface area contributed by atoms with Crippen molar-refractivity contribution in [2.45, 2.75) is 70.2 Å². The second-order valence-corrected chi connectivity index (χ2v) is 7.67. The molecule has 1 amide bonds. The number of rotatable bonds is 11. The van der Waals surface area contributed by atoms with Gasteiger partial charge in [0.2, 0.25) is 5.91 Å². The van der Waals surface area contributed by atoms with Gasteiger partial charge in [0.1, 0.15) is 5.82 Å². The largest absolute Gasteiger partial charge is 0.416 e. The Bertz CT molecular complexity index is 792. The van der Waals surface area contributed by atoms with E-state index in [1.54, 1.807) is 0 Å². The topological polar surface area (TPSA) is 59.8 Å². The summed E-state index contributed by atoms with van der Waals surface area (Å²) >= 11 is 1.23. The highest BCUT2D eigenvalue weighted by atomic mass is 32.2. The summed E-state index contributed by atoms with van der Waals surface area (Å²) in [5, 5.41) is 11.6. The fraction of sp³-hybridized carbons (Fsp3) is 0.550. The Morgan fingerprint density at radius 1 is 1.14 bits per heavy atom. The zero-order valence-corrected chi connectivity index (χ0v) is 17.6. The lowest BCUT2D eigenvalue weighted by Crippen LogP contribution is -2.15. The third-order valence-electron chi connectivity index (χ3n) is 4.42. The van der Waals surface area contributed by atoms with Crippen LogP contribution in [-0.4, -0.2) is 26.4 Å². The van der Waals surface area contributed by atoms with Crippen LogP contribution in [0.4, 0.5) is 18.9 Å². The Morgan fingerprint density at radius 2 is 1.90 bits per heavy atom. The van der Waals surface area contributed by atoms with Crippen LogP contribution in [-0.2, 0) is 23.9 Å². The maximum Gasteiger partial charge on any atom is 0.416 e. The zero-order chi connectivity index (χ0) is 21.3. The van der Waals surface area contributed by atoms with Gasteiger partial charge in [-0.2, -0.15) is 13.2 Å². The molecule has 9 heteroatoms. The number of thioether (sulfide) groups is 1. The summed E-state index contributed by atoms with van der Waals surface area (Å²) in [6.45, 7) is 4.88. The normalized spacial score (nSPS) is 11.6. The van der Waals surface area contributed by atoms with Crippen LogP contribution in [0.1, 0.15) is 57.3 Å². The molecule has 0 aliphatic carbocycles. The lowest BCUT2D eigenvalue weighted by Gasteiger charge is -2.10. The molecule has 1 heterocycles. The van der Waals surface area contributed by atoms with Gasteiger partial charge < -0.3 is 9.88 Å². The Hall–Kier alpha value is -2.03. The predicted octanol–water partition coefficient (Wildman–Crippen LogP) is 5.56. The molecule has 2 aromatic rings. The van der Waals surface area contributed by atoms with Gasteiger partial charge in [-0.05, 0) is 31.5 Å². The number of carbonyl (C=O) groups is 1. The van der Waals surface area contributed by atoms with E-state index in [1.807, 2.05) is 11.5 Å². The molecule has 0 aliphatic heterocycles. The number of aryl methyl sites for hydroxylation is 1. The SMILES string of the molecule is CCCCCCCc1nnc(SCC(=O)Nc2cccc(C(F)(F)F)c2)n1CC. The number of unbranched alkanes of at least 4 members (excludes halogenated alkanes) is 4. The number of nitrogens with one attached hydrogen (secondary N) is 1. The van der Waals surface area contributed by atoms with E-state index in [0.717, 1.165) is 37.2 Å². The first-order chi connectivity index (χ1) is 13.8. The van der Waals surface area contributed by atoms with Crippen LogP contribution in [0.5, 0.6) is 0 Å². The molecule has 29 heavy (non-hydrogen) atoms. The highest BCUT2D eigenvalue weighted by Crippen LogP contribution is 2.30. The molecule has 2 rings (SSSR count). The molecule has 1 aromatic heterocycles. The Kier molecular flexibility index (Phi) is 9.00. The van der Waals surface area contributed by atoms with Gasteiger partial charge >= 0.3 is 6.18 Å². The summed E-state index contributed by atoms with van der Waals surface area (Å²) in [6, 6.07) is 4.60. The number of anilines is 1. The Balaban J connectivity index is 1.88. The summed E-state index contributed by atoms with van der Waals surface area (Å²) < 4.78 is 40.3. The van der Waals surface area contributed by atoms with Gasteiger partial charge in [0.05, 0.1) is 11.3 Å². The number of benzene rings is 1.